The molecule has 6 heteroatoms. The number of hydrogen-bond donors (Lipinski definition) is 0. The van der Waals surface area contributed by atoms with E-state index in [1.807, 2.05) is 35.7 Å². The molecule has 0 spiro atoms. The first kappa shape index (κ1) is 20.7. The fourth-order valence-electron chi connectivity index (χ4n) is 4.22. The van der Waals surface area contributed by atoms with E-state index in [4.69, 9.17) is 4.98 Å². The van der Waals surface area contributed by atoms with Crippen LogP contribution in [0.1, 0.15) is 71.0 Å². The molecule has 0 bridgehead atoms. The van der Waals surface area contributed by atoms with E-state index in [1.54, 1.807) is 17.5 Å². The average Bonchev–Trinajstić information content (AvgIpc) is 3.23. The Kier molecular flexibility index (Phi) is 6.23. The van der Waals surface area contributed by atoms with E-state index in [0.717, 1.165) is 72.4 Å². The third kappa shape index (κ3) is 4.15. The second-order valence-electron chi connectivity index (χ2n) is 7.97. The van der Waals surface area contributed by atoms with E-state index in [9.17, 15) is 4.79 Å². The maximum absolute atomic E-state index is 13.5. The molecule has 156 valence electrons. The fourth-order valence-corrected chi connectivity index (χ4v) is 5.18. The van der Waals surface area contributed by atoms with Crippen molar-refractivity contribution in [2.45, 2.75) is 58.9 Å². The molecule has 1 fully saturated rings. The zero-order chi connectivity index (χ0) is 21.1. The van der Waals surface area contributed by atoms with Gasteiger partial charge in [-0.25, -0.2) is 9.97 Å². The number of likely N-dealkylation sites (tertiary alicyclic amines) is 1. The summed E-state index contributed by atoms with van der Waals surface area (Å²) in [7, 11) is 0. The number of hydrogen-bond acceptors (Lipinski definition) is 5. The van der Waals surface area contributed by atoms with Gasteiger partial charge in [0.05, 0.1) is 17.3 Å². The zero-order valence-corrected chi connectivity index (χ0v) is 18.7. The third-order valence-electron chi connectivity index (χ3n) is 5.73. The van der Waals surface area contributed by atoms with Gasteiger partial charge in [0.2, 0.25) is 0 Å². The molecule has 0 aliphatic carbocycles. The lowest BCUT2D eigenvalue weighted by atomic mass is 9.92. The van der Waals surface area contributed by atoms with Crippen LogP contribution < -0.4 is 0 Å². The Morgan fingerprint density at radius 3 is 2.90 bits per heavy atom. The highest BCUT2D eigenvalue weighted by atomic mass is 32.1. The smallest absolute Gasteiger partial charge is 0.255 e. The molecule has 4 heterocycles. The van der Waals surface area contributed by atoms with Crippen LogP contribution >= 0.6 is 11.3 Å². The zero-order valence-electron chi connectivity index (χ0n) is 17.9. The molecule has 1 amide bonds. The van der Waals surface area contributed by atoms with Crippen molar-refractivity contribution in [1.82, 2.24) is 19.9 Å². The molecule has 4 rings (SSSR count). The Bertz CT molecular complexity index is 1050. The van der Waals surface area contributed by atoms with Crippen LogP contribution in [0.2, 0.25) is 0 Å². The predicted molar refractivity (Wildman–Crippen MR) is 121 cm³/mol. The highest BCUT2D eigenvalue weighted by Crippen LogP contribution is 2.37. The van der Waals surface area contributed by atoms with Crippen LogP contribution in [0.15, 0.2) is 36.1 Å². The van der Waals surface area contributed by atoms with Gasteiger partial charge in [-0.15, -0.1) is 11.3 Å². The molecule has 1 aliphatic heterocycles. The van der Waals surface area contributed by atoms with Gasteiger partial charge in [0.15, 0.2) is 0 Å². The molecule has 3 aromatic heterocycles. The number of carbonyl (C=O) groups excluding carboxylic acids is 1. The Morgan fingerprint density at radius 2 is 2.10 bits per heavy atom. The number of pyridine rings is 1. The van der Waals surface area contributed by atoms with Gasteiger partial charge in [-0.05, 0) is 62.8 Å². The van der Waals surface area contributed by atoms with Crippen molar-refractivity contribution in [3.8, 4) is 11.1 Å². The first-order valence-corrected chi connectivity index (χ1v) is 11.6. The van der Waals surface area contributed by atoms with E-state index in [0.29, 0.717) is 0 Å². The van der Waals surface area contributed by atoms with Crippen LogP contribution in [0.25, 0.3) is 11.1 Å². The van der Waals surface area contributed by atoms with Gasteiger partial charge in [0.25, 0.3) is 5.91 Å². The van der Waals surface area contributed by atoms with E-state index in [-0.39, 0.29) is 11.9 Å². The van der Waals surface area contributed by atoms with Gasteiger partial charge in [0, 0.05) is 41.0 Å². The highest BCUT2D eigenvalue weighted by molar-refractivity contribution is 7.10. The van der Waals surface area contributed by atoms with Crippen molar-refractivity contribution in [2.24, 2.45) is 0 Å². The molecular weight excluding hydrogens is 392 g/mol. The van der Waals surface area contributed by atoms with Crippen molar-refractivity contribution >= 4 is 17.2 Å². The number of amides is 1. The van der Waals surface area contributed by atoms with Crippen molar-refractivity contribution < 1.29 is 4.79 Å². The number of nitrogens with zero attached hydrogens (tertiary/aromatic N) is 4. The number of aromatic nitrogens is 3. The maximum atomic E-state index is 13.5. The number of carbonyl (C=O) groups is 1. The van der Waals surface area contributed by atoms with Crippen LogP contribution in [0.4, 0.5) is 0 Å². The molecular formula is C24H28N4OS. The van der Waals surface area contributed by atoms with Gasteiger partial charge >= 0.3 is 0 Å². The second kappa shape index (κ2) is 9.04. The largest absolute Gasteiger partial charge is 0.330 e. The quantitative estimate of drug-likeness (QED) is 0.544. The molecule has 3 aromatic rings. The van der Waals surface area contributed by atoms with Gasteiger partial charge in [-0.1, -0.05) is 13.3 Å². The lowest BCUT2D eigenvalue weighted by molar-refractivity contribution is 0.0607. The Morgan fingerprint density at radius 1 is 1.23 bits per heavy atom. The maximum Gasteiger partial charge on any atom is 0.255 e. The minimum atomic E-state index is -0.0370. The van der Waals surface area contributed by atoms with Gasteiger partial charge < -0.3 is 4.90 Å². The second-order valence-corrected chi connectivity index (χ2v) is 8.96. The molecule has 0 aromatic carbocycles. The fraction of sp³-hybridized carbons (Fsp3) is 0.417. The number of aryl methyl sites for hydroxylation is 3. The summed E-state index contributed by atoms with van der Waals surface area (Å²) < 4.78 is 0. The van der Waals surface area contributed by atoms with Crippen molar-refractivity contribution in [3.63, 3.8) is 0 Å². The summed E-state index contributed by atoms with van der Waals surface area (Å²) in [6.45, 7) is 6.90. The lowest BCUT2D eigenvalue weighted by Crippen LogP contribution is -2.39. The highest BCUT2D eigenvalue weighted by Gasteiger charge is 2.32. The van der Waals surface area contributed by atoms with Crippen LogP contribution in [0, 0.1) is 13.8 Å². The topological polar surface area (TPSA) is 59.0 Å². The summed E-state index contributed by atoms with van der Waals surface area (Å²) in [5.74, 6) is 0.853. The molecule has 30 heavy (non-hydrogen) atoms. The van der Waals surface area contributed by atoms with E-state index < -0.39 is 0 Å². The Hall–Kier alpha value is -2.60. The molecule has 1 unspecified atom stereocenters. The summed E-state index contributed by atoms with van der Waals surface area (Å²) in [5, 5.41) is 2.01. The van der Waals surface area contributed by atoms with Crippen molar-refractivity contribution in [1.29, 1.82) is 0 Å². The van der Waals surface area contributed by atoms with Crippen LogP contribution in [-0.2, 0) is 6.42 Å². The van der Waals surface area contributed by atoms with Gasteiger partial charge in [0.1, 0.15) is 5.82 Å². The summed E-state index contributed by atoms with van der Waals surface area (Å²) >= 11 is 1.69. The van der Waals surface area contributed by atoms with Gasteiger partial charge in [-0.3, -0.25) is 9.78 Å². The molecule has 0 N–H and O–H groups in total. The molecule has 0 radical (unpaired) electrons. The summed E-state index contributed by atoms with van der Waals surface area (Å²) in [6.07, 6.45) is 10.7. The molecule has 1 aliphatic rings. The normalized spacial score (nSPS) is 16.6. The monoisotopic (exact) mass is 420 g/mol. The Balaban J connectivity index is 1.73. The SMILES string of the molecule is CCCc1cc(C(=O)N2CCCCC2c2nc(C)ncc2-c2ccncc2C)cs1. The first-order valence-electron chi connectivity index (χ1n) is 10.7. The minimum Gasteiger partial charge on any atom is -0.330 e. The van der Waals surface area contributed by atoms with Gasteiger partial charge in [-0.2, -0.15) is 0 Å². The lowest BCUT2D eigenvalue weighted by Gasteiger charge is -2.36. The average molecular weight is 421 g/mol. The first-order chi connectivity index (χ1) is 14.6. The Labute approximate surface area is 182 Å². The molecule has 1 saturated heterocycles. The summed E-state index contributed by atoms with van der Waals surface area (Å²) in [5.41, 5.74) is 4.93. The number of piperidine rings is 1. The van der Waals surface area contributed by atoms with Crippen molar-refractivity contribution in [3.05, 3.63) is 63.6 Å². The third-order valence-corrected chi connectivity index (χ3v) is 6.72. The predicted octanol–water partition coefficient (Wildman–Crippen LogP) is 5.54. The molecule has 1 atom stereocenters. The van der Waals surface area contributed by atoms with Crippen LogP contribution in [0.3, 0.4) is 0 Å². The molecule has 5 nitrogen and oxygen atoms in total. The van der Waals surface area contributed by atoms with Crippen LogP contribution in [-0.4, -0.2) is 32.3 Å². The number of thiophene rings is 1. The number of rotatable bonds is 5. The van der Waals surface area contributed by atoms with E-state index in [2.05, 4.69) is 29.9 Å². The van der Waals surface area contributed by atoms with E-state index in [1.165, 1.54) is 4.88 Å². The van der Waals surface area contributed by atoms with E-state index >= 15 is 0 Å². The molecule has 0 saturated carbocycles. The minimum absolute atomic E-state index is 0.0370. The standard InChI is InChI=1S/C24H28N4OS/c1-4-7-19-12-18(15-30-19)24(29)28-11-6-5-8-22(28)23-21(14-26-17(3)27-23)20-9-10-25-13-16(20)2/h9-10,12-15,22H,4-8,11H2,1-3H3. The summed E-state index contributed by atoms with van der Waals surface area (Å²) in [6, 6.07) is 4.05. The van der Waals surface area contributed by atoms with Crippen molar-refractivity contribution in [2.75, 3.05) is 6.54 Å². The van der Waals surface area contributed by atoms with Crippen LogP contribution in [0.5, 0.6) is 0 Å². The summed E-state index contributed by atoms with van der Waals surface area (Å²) in [4.78, 5) is 30.3.